The van der Waals surface area contributed by atoms with Crippen LogP contribution in [0.4, 0.5) is 29.5 Å². The molecule has 0 radical (unpaired) electrons. The SMILES string of the molecule is CC(C)N=C(N)N=C(N)Nc1ccc(Cl)cc1.CCCCN=C(N)NC(=N)N.CN(C)C(N)=NC(=N)N.CN(C)c1n[nH]c(N)n1.N=C(N)NC(=N)N.NC(N)=NC(N)=NCCc1ccc(O)c(O)c1.NC(N)=NC(N)=NCCc1ccc2c(c1)OCO2.NC(N)=NC(N)=NCCc1ccccc1.NC(N)=NC(N)=NCCc1ccco1.NC(N)=NC(N)=NCCc1ccoc1.Nc1n[nH]c(N)n1. The van der Waals surface area contributed by atoms with E-state index >= 15 is 0 Å². The summed E-state index contributed by atoms with van der Waals surface area (Å²) in [6.07, 6.45) is 10.5. The molecule has 0 aliphatic carbocycles. The van der Waals surface area contributed by atoms with Crippen molar-refractivity contribution in [2.75, 3.05) is 102 Å². The fourth-order valence-corrected chi connectivity index (χ4v) is 8.58. The fraction of sp³-hybridized carbons (Fsp3) is 0.289. The number of rotatable bonds is 21. The topological polar surface area (TPSA) is 1160 Å². The number of H-pyrrole nitrogens is 2. The van der Waals surface area contributed by atoms with Gasteiger partial charge in [-0.1, -0.05) is 67.4 Å². The Morgan fingerprint density at radius 2 is 0.928 bits per heavy atom. The number of phenolic OH excluding ortho intramolecular Hbond substituents is 2. The van der Waals surface area contributed by atoms with Gasteiger partial charge in [-0.2, -0.15) is 44.9 Å². The highest BCUT2D eigenvalue weighted by molar-refractivity contribution is 6.30. The number of unbranched alkanes of at least 4 members (excludes halogenated alkanes) is 1. The molecular formula is C76H134ClN55O6. The minimum Gasteiger partial charge on any atom is -0.504 e. The van der Waals surface area contributed by atoms with Crippen molar-refractivity contribution in [3.8, 4) is 23.0 Å². The van der Waals surface area contributed by atoms with E-state index in [-0.39, 0.29) is 144 Å². The van der Waals surface area contributed by atoms with Gasteiger partial charge in [0.15, 0.2) is 82.6 Å². The number of benzene rings is 4. The number of aromatic amines is 2. The third-order valence-corrected chi connectivity index (χ3v) is 14.5. The van der Waals surface area contributed by atoms with E-state index in [2.05, 4.69) is 118 Å². The van der Waals surface area contributed by atoms with Gasteiger partial charge in [0.2, 0.25) is 78.3 Å². The minimum atomic E-state index is -0.312. The maximum Gasteiger partial charge on any atom is 0.245 e. The first-order chi connectivity index (χ1) is 65.0. The molecule has 61 nitrogen and oxygen atoms in total. The lowest BCUT2D eigenvalue weighted by atomic mass is 10.1. The summed E-state index contributed by atoms with van der Waals surface area (Å²) in [6.45, 7) is 9.33. The number of guanidine groups is 18. The highest BCUT2D eigenvalue weighted by Crippen LogP contribution is 2.32. The average molecular weight is 1950 g/mol. The Labute approximate surface area is 800 Å². The van der Waals surface area contributed by atoms with Crippen LogP contribution in [-0.2, 0) is 32.1 Å². The zero-order chi connectivity index (χ0) is 105. The standard InChI is InChI=1S/C11H16ClN5.C11H15N5O2.C10H15N5O2.C10H15N5.2C8H13N5O.C6H15N5.C4H9N5.C4H11N5.C2H5N5.C2H7N5/c1-7(2)15-10(13)17-11(14)16-9-5-3-8(12)4-6-9;12-10(13)16-11(14)15-4-3-7-1-2-8-9(5-7)18-6-17-8;11-9(12)15-10(13)14-4-3-6-1-2-7(16)8(17)5-6;11-9(12)15-10(13)14-7-6-8-4-2-1-3-5-8;9-7(10)13-8(11)12-3-1-6-2-4-14-5-6;9-7(10)13-8(11)12-4-3-6-2-1-5-14-6;1-2-3-4-10-6(9)11-5(7)8;1-9(2)4-6-3(5)7-8-4;1-9(2)4(7)8-3(5)6;3-1-5-2(4)7-6-1;3-1(4)7-2(5)6/h3-7H,1-2H3,(H5,13,14,15,16,17);1-2,5H,3-4,6H2,(H6,12,13,14,15,16);1-2,5,16-17H,3-4H2,(H6,11,12,13,14,15);1-5H,6-7H2,(H6,11,12,13,14,15);2,4-5H,1,3H2,(H6,9,10,11,12,13);1-2,5H,3-4H2,(H6,9,10,11,12,13);2-4H2,1H3,(H6,7,8,9,10,11);1-2H3,(H3,5,6,7,8);1-2H3,(H5,5,6,7,8);(H5,3,4,5,6,7);(H7,3,4,5,6,7). The first kappa shape index (κ1) is 121. The van der Waals surface area contributed by atoms with E-state index in [0.717, 1.165) is 71.7 Å². The fourth-order valence-electron chi connectivity index (χ4n) is 8.45. The lowest BCUT2D eigenvalue weighted by Gasteiger charge is -2.08. The summed E-state index contributed by atoms with van der Waals surface area (Å²) in [7, 11) is 7.15. The Morgan fingerprint density at radius 3 is 1.30 bits per heavy atom. The average Bonchev–Trinajstić information content (AvgIpc) is 1.70. The van der Waals surface area contributed by atoms with Crippen molar-refractivity contribution in [1.29, 1.82) is 21.6 Å². The molecule has 62 heteroatoms. The van der Waals surface area contributed by atoms with E-state index in [4.69, 9.17) is 206 Å². The predicted molar refractivity (Wildman–Crippen MR) is 551 cm³/mol. The largest absolute Gasteiger partial charge is 0.504 e. The zero-order valence-corrected chi connectivity index (χ0v) is 78.2. The van der Waals surface area contributed by atoms with Gasteiger partial charge in [-0.3, -0.25) is 62.2 Å². The van der Waals surface area contributed by atoms with Gasteiger partial charge in [0.05, 0.1) is 18.8 Å². The van der Waals surface area contributed by atoms with Crippen LogP contribution in [0.1, 0.15) is 61.6 Å². The first-order valence-electron chi connectivity index (χ1n) is 40.1. The summed E-state index contributed by atoms with van der Waals surface area (Å²) in [5.74, 6) is 3.03. The monoisotopic (exact) mass is 1950 g/mol. The normalized spacial score (nSPS) is 11.3. The van der Waals surface area contributed by atoms with Crippen molar-refractivity contribution in [3.05, 3.63) is 161 Å². The molecule has 5 heterocycles. The molecule has 0 bridgehead atoms. The number of ether oxygens (including phenoxy) is 2. The van der Waals surface area contributed by atoms with Gasteiger partial charge in [-0.25, -0.2) is 15.2 Å². The van der Waals surface area contributed by atoms with E-state index in [1.807, 2.05) is 100.0 Å². The number of fused-ring (bicyclic) bond motifs is 1. The molecule has 63 N–H and O–H groups in total. The van der Waals surface area contributed by atoms with Crippen LogP contribution in [0.3, 0.4) is 0 Å². The molecule has 0 amide bonds. The van der Waals surface area contributed by atoms with E-state index in [0.29, 0.717) is 69.0 Å². The first-order valence-corrected chi connectivity index (χ1v) is 40.5. The Morgan fingerprint density at radius 1 is 0.464 bits per heavy atom. The number of aromatic nitrogens is 6. The van der Waals surface area contributed by atoms with Gasteiger partial charge in [-0.05, 0) is 135 Å². The van der Waals surface area contributed by atoms with Crippen molar-refractivity contribution in [3.63, 3.8) is 0 Å². The summed E-state index contributed by atoms with van der Waals surface area (Å²) < 4.78 is 20.5. The molecule has 0 unspecified atom stereocenters. The highest BCUT2D eigenvalue weighted by Gasteiger charge is 2.13. The summed E-state index contributed by atoms with van der Waals surface area (Å²) in [5.41, 5.74) is 140. The molecule has 0 saturated heterocycles. The molecule has 4 aromatic heterocycles. The maximum atomic E-state index is 9.26. The van der Waals surface area contributed by atoms with Crippen molar-refractivity contribution >= 4 is 148 Å². The molecule has 0 spiro atoms. The van der Waals surface area contributed by atoms with Crippen LogP contribution < -0.4 is 179 Å². The number of halogens is 1. The van der Waals surface area contributed by atoms with Gasteiger partial charge in [0, 0.05) is 90.6 Å². The number of hydrogen-bond donors (Lipinski definition) is 37. The molecule has 138 heavy (non-hydrogen) atoms. The molecule has 0 fully saturated rings. The second kappa shape index (κ2) is 70.9. The molecule has 0 saturated carbocycles. The molecular weight excluding hydrogens is 1810 g/mol. The Kier molecular flexibility index (Phi) is 62.2. The number of aromatic hydroxyl groups is 2. The number of nitrogens with one attached hydrogen (secondary N) is 9. The second-order valence-corrected chi connectivity index (χ2v) is 27.3. The number of nitrogen functional groups attached to an aromatic ring is 3. The summed E-state index contributed by atoms with van der Waals surface area (Å²) >= 11 is 5.76. The van der Waals surface area contributed by atoms with Crippen LogP contribution in [0.2, 0.25) is 5.02 Å². The maximum absolute atomic E-state index is 9.26. The summed E-state index contributed by atoms with van der Waals surface area (Å²) in [5, 5.41) is 64.9. The molecule has 0 atom stereocenters. The van der Waals surface area contributed by atoms with E-state index < -0.39 is 0 Å². The third kappa shape index (κ3) is 70.0. The number of hydrogen-bond acceptors (Lipinski definition) is 25. The van der Waals surface area contributed by atoms with Crippen LogP contribution in [0.15, 0.2) is 207 Å². The van der Waals surface area contributed by atoms with Crippen molar-refractivity contribution in [2.45, 2.75) is 71.8 Å². The Hall–Kier alpha value is -18.9. The van der Waals surface area contributed by atoms with Crippen LogP contribution in [0.5, 0.6) is 23.0 Å². The van der Waals surface area contributed by atoms with Gasteiger partial charge < -0.3 is 193 Å². The number of furan rings is 2. The third-order valence-electron chi connectivity index (χ3n) is 14.2. The molecule has 9 rings (SSSR count). The van der Waals surface area contributed by atoms with E-state index in [1.165, 1.54) is 17.7 Å². The predicted octanol–water partition coefficient (Wildman–Crippen LogP) is -5.67. The number of phenols is 2. The second-order valence-electron chi connectivity index (χ2n) is 26.9. The van der Waals surface area contributed by atoms with Gasteiger partial charge in [0.1, 0.15) is 5.76 Å². The number of nitrogens with zero attached hydrogens (tertiary/aromatic N) is 20. The number of nitrogens with two attached hydrogens (primary N) is 26. The van der Waals surface area contributed by atoms with Crippen LogP contribution in [0.25, 0.3) is 0 Å². The molecule has 756 valence electrons. The molecule has 4 aromatic carbocycles. The van der Waals surface area contributed by atoms with Gasteiger partial charge in [0.25, 0.3) is 0 Å². The summed E-state index contributed by atoms with van der Waals surface area (Å²) in [6, 6.07) is 33.0. The smallest absolute Gasteiger partial charge is 0.245 e. The van der Waals surface area contributed by atoms with Crippen molar-refractivity contribution in [1.82, 2.24) is 45.9 Å². The van der Waals surface area contributed by atoms with Crippen LogP contribution in [0, 0.1) is 21.6 Å². The highest BCUT2D eigenvalue weighted by atomic mass is 35.5. The molecule has 1 aliphatic heterocycles. The van der Waals surface area contributed by atoms with Crippen molar-refractivity contribution < 1.29 is 28.5 Å². The molecule has 1 aliphatic rings. The van der Waals surface area contributed by atoms with Gasteiger partial charge in [-0.15, -0.1) is 10.2 Å². The minimum absolute atomic E-state index is 0.00741. The zero-order valence-electron chi connectivity index (χ0n) is 77.5. The molecule has 8 aromatic rings. The van der Waals surface area contributed by atoms with Gasteiger partial charge >= 0.3 is 0 Å². The quantitative estimate of drug-likeness (QED) is 0.0138. The Bertz CT molecular complexity index is 5190. The lowest BCUT2D eigenvalue weighted by Crippen LogP contribution is -2.40. The number of anilines is 5. The van der Waals surface area contributed by atoms with Crippen LogP contribution in [-0.4, -0.2) is 233 Å². The lowest BCUT2D eigenvalue weighted by molar-refractivity contribution is 0.174. The van der Waals surface area contributed by atoms with Crippen LogP contribution >= 0.6 is 11.6 Å². The Balaban J connectivity index is 0. The summed E-state index contributed by atoms with van der Waals surface area (Å²) in [4.78, 5) is 63.8. The van der Waals surface area contributed by atoms with E-state index in [1.54, 1.807) is 73.0 Å². The van der Waals surface area contributed by atoms with E-state index in [9.17, 15) is 5.11 Å². The number of aliphatic imine (C=N–C) groups is 14. The van der Waals surface area contributed by atoms with Crippen molar-refractivity contribution in [2.24, 2.45) is 202 Å².